The summed E-state index contributed by atoms with van der Waals surface area (Å²) in [5, 5.41) is 0. The van der Waals surface area contributed by atoms with Crippen LogP contribution in [0, 0.1) is 6.92 Å². The normalized spacial score (nSPS) is 12.1. The molecule has 0 unspecified atom stereocenters. The fourth-order valence-corrected chi connectivity index (χ4v) is 2.55. The highest BCUT2D eigenvalue weighted by atomic mass is 19.4. The summed E-state index contributed by atoms with van der Waals surface area (Å²) in [5.74, 6) is -0.0732. The van der Waals surface area contributed by atoms with E-state index in [9.17, 15) is 18.0 Å². The van der Waals surface area contributed by atoms with Gasteiger partial charge in [0.15, 0.2) is 5.82 Å². The van der Waals surface area contributed by atoms with Crippen LogP contribution < -0.4 is 10.6 Å². The van der Waals surface area contributed by atoms with Crippen LogP contribution in [0.2, 0.25) is 0 Å². The second kappa shape index (κ2) is 8.15. The summed E-state index contributed by atoms with van der Waals surface area (Å²) in [6.07, 6.45) is -3.05. The molecule has 9 heteroatoms. The second-order valence-corrected chi connectivity index (χ2v) is 5.91. The number of nitrogens with two attached hydrogens (primary N) is 1. The van der Waals surface area contributed by atoms with E-state index in [2.05, 4.69) is 15.0 Å². The van der Waals surface area contributed by atoms with Crippen molar-refractivity contribution in [3.05, 3.63) is 41.9 Å². The lowest BCUT2D eigenvalue weighted by Gasteiger charge is -2.24. The van der Waals surface area contributed by atoms with Crippen LogP contribution in [0.4, 0.5) is 30.4 Å². The molecule has 2 N–H and O–H groups in total. The summed E-state index contributed by atoms with van der Waals surface area (Å²) in [6, 6.07) is 4.81. The van der Waals surface area contributed by atoms with Crippen LogP contribution in [-0.4, -0.2) is 28.1 Å². The minimum atomic E-state index is -4.40. The zero-order valence-corrected chi connectivity index (χ0v) is 15.2. The Kier molecular flexibility index (Phi) is 6.14. The van der Waals surface area contributed by atoms with Crippen molar-refractivity contribution in [2.24, 2.45) is 10.7 Å². The minimum absolute atomic E-state index is 0.0137. The third-order valence-corrected chi connectivity index (χ3v) is 3.80. The van der Waals surface area contributed by atoms with Gasteiger partial charge in [-0.3, -0.25) is 9.79 Å². The number of hydrogen-bond donors (Lipinski definition) is 1. The Morgan fingerprint density at radius 1 is 1.22 bits per heavy atom. The molecule has 0 bridgehead atoms. The minimum Gasteiger partial charge on any atom is -0.369 e. The summed E-state index contributed by atoms with van der Waals surface area (Å²) in [7, 11) is 0. The van der Waals surface area contributed by atoms with E-state index in [1.807, 2.05) is 6.92 Å². The van der Waals surface area contributed by atoms with Crippen molar-refractivity contribution in [1.82, 2.24) is 9.97 Å². The molecule has 6 nitrogen and oxygen atoms in total. The van der Waals surface area contributed by atoms with Gasteiger partial charge in [-0.15, -0.1) is 0 Å². The Morgan fingerprint density at radius 3 is 2.37 bits per heavy atom. The molecule has 0 saturated carbocycles. The van der Waals surface area contributed by atoms with Crippen LogP contribution in [0.25, 0.3) is 0 Å². The highest BCUT2D eigenvalue weighted by molar-refractivity contribution is 6.00. The van der Waals surface area contributed by atoms with E-state index in [4.69, 9.17) is 5.73 Å². The fraction of sp³-hybridized carbons (Fsp3) is 0.333. The lowest BCUT2D eigenvalue weighted by atomic mass is 10.2. The maximum Gasteiger partial charge on any atom is 0.416 e. The van der Waals surface area contributed by atoms with E-state index in [0.717, 1.165) is 12.1 Å². The van der Waals surface area contributed by atoms with Gasteiger partial charge in [-0.2, -0.15) is 13.2 Å². The van der Waals surface area contributed by atoms with E-state index >= 15 is 0 Å². The van der Waals surface area contributed by atoms with Crippen LogP contribution in [0.5, 0.6) is 0 Å². The van der Waals surface area contributed by atoms with Crippen molar-refractivity contribution in [3.8, 4) is 0 Å². The molecule has 1 aromatic carbocycles. The van der Waals surface area contributed by atoms with Crippen molar-refractivity contribution in [3.63, 3.8) is 0 Å². The molecule has 0 aliphatic carbocycles. The van der Waals surface area contributed by atoms with E-state index in [0.29, 0.717) is 35.1 Å². The molecule has 0 fully saturated rings. The highest BCUT2D eigenvalue weighted by Gasteiger charge is 2.30. The number of amides is 1. The van der Waals surface area contributed by atoms with Gasteiger partial charge in [0.05, 0.1) is 17.7 Å². The Labute approximate surface area is 155 Å². The van der Waals surface area contributed by atoms with Gasteiger partial charge >= 0.3 is 6.18 Å². The topological polar surface area (TPSA) is 84.5 Å². The Balaban J connectivity index is 2.48. The molecule has 0 aliphatic heterocycles. The van der Waals surface area contributed by atoms with Gasteiger partial charge in [-0.25, -0.2) is 9.97 Å². The number of hydrogen-bond acceptors (Lipinski definition) is 5. The molecular formula is C18H20F3N5O. The number of aryl methyl sites for hydroxylation is 1. The second-order valence-electron chi connectivity index (χ2n) is 5.91. The summed E-state index contributed by atoms with van der Waals surface area (Å²) >= 11 is 0. The monoisotopic (exact) mass is 379 g/mol. The SMILES string of the molecule is CCN(c1ccc(C(F)(F)F)cc1)c1ncnc(C)c1N=C(C)CC(N)=O. The number of rotatable bonds is 6. The predicted molar refractivity (Wildman–Crippen MR) is 97.5 cm³/mol. The Bertz CT molecular complexity index is 847. The number of alkyl halides is 3. The van der Waals surface area contributed by atoms with Crippen molar-refractivity contribution in [1.29, 1.82) is 0 Å². The molecule has 2 aromatic rings. The van der Waals surface area contributed by atoms with Gasteiger partial charge in [0.1, 0.15) is 12.0 Å². The largest absolute Gasteiger partial charge is 0.416 e. The van der Waals surface area contributed by atoms with E-state index in [-0.39, 0.29) is 6.42 Å². The quantitative estimate of drug-likeness (QED) is 0.771. The summed E-state index contributed by atoms with van der Waals surface area (Å²) in [4.78, 5) is 25.6. The van der Waals surface area contributed by atoms with E-state index in [1.54, 1.807) is 18.7 Å². The third-order valence-electron chi connectivity index (χ3n) is 3.80. The van der Waals surface area contributed by atoms with Gasteiger partial charge < -0.3 is 10.6 Å². The zero-order valence-electron chi connectivity index (χ0n) is 15.2. The summed E-state index contributed by atoms with van der Waals surface area (Å²) in [5.41, 5.74) is 6.52. The molecule has 27 heavy (non-hydrogen) atoms. The number of benzene rings is 1. The Morgan fingerprint density at radius 2 is 1.85 bits per heavy atom. The van der Waals surface area contributed by atoms with Gasteiger partial charge in [-0.05, 0) is 45.0 Å². The van der Waals surface area contributed by atoms with E-state index < -0.39 is 17.6 Å². The molecule has 0 atom stereocenters. The smallest absolute Gasteiger partial charge is 0.369 e. The summed E-state index contributed by atoms with van der Waals surface area (Å²) < 4.78 is 38.4. The van der Waals surface area contributed by atoms with Crippen molar-refractivity contribution in [2.45, 2.75) is 33.4 Å². The molecule has 1 amide bonds. The first-order valence-corrected chi connectivity index (χ1v) is 8.22. The number of nitrogens with zero attached hydrogens (tertiary/aromatic N) is 4. The molecular weight excluding hydrogens is 359 g/mol. The lowest BCUT2D eigenvalue weighted by molar-refractivity contribution is -0.137. The van der Waals surface area contributed by atoms with Gasteiger partial charge in [0, 0.05) is 17.9 Å². The molecule has 2 rings (SSSR count). The number of primary amides is 1. The number of carbonyl (C=O) groups is 1. The van der Waals surface area contributed by atoms with Crippen LogP contribution in [-0.2, 0) is 11.0 Å². The number of aromatic nitrogens is 2. The average Bonchev–Trinajstić information content (AvgIpc) is 2.57. The van der Waals surface area contributed by atoms with Gasteiger partial charge in [-0.1, -0.05) is 0 Å². The fourth-order valence-electron chi connectivity index (χ4n) is 2.55. The molecule has 0 aliphatic rings. The van der Waals surface area contributed by atoms with Crippen molar-refractivity contribution in [2.75, 3.05) is 11.4 Å². The molecule has 144 valence electrons. The van der Waals surface area contributed by atoms with Crippen LogP contribution >= 0.6 is 0 Å². The Hall–Kier alpha value is -2.97. The molecule has 0 saturated heterocycles. The third kappa shape index (κ3) is 5.02. The van der Waals surface area contributed by atoms with Crippen LogP contribution in [0.1, 0.15) is 31.5 Å². The molecule has 0 radical (unpaired) electrons. The van der Waals surface area contributed by atoms with Crippen LogP contribution in [0.3, 0.4) is 0 Å². The molecule has 1 aromatic heterocycles. The maximum atomic E-state index is 12.8. The lowest BCUT2D eigenvalue weighted by Crippen LogP contribution is -2.19. The number of anilines is 2. The van der Waals surface area contributed by atoms with Gasteiger partial charge in [0.2, 0.25) is 5.91 Å². The van der Waals surface area contributed by atoms with Crippen molar-refractivity contribution >= 4 is 28.8 Å². The van der Waals surface area contributed by atoms with E-state index in [1.165, 1.54) is 18.5 Å². The predicted octanol–water partition coefficient (Wildman–Crippen LogP) is 3.93. The van der Waals surface area contributed by atoms with Crippen LogP contribution in [0.15, 0.2) is 35.6 Å². The first-order chi connectivity index (χ1) is 12.6. The summed E-state index contributed by atoms with van der Waals surface area (Å²) in [6.45, 7) is 5.69. The zero-order chi connectivity index (χ0) is 20.2. The molecule has 0 spiro atoms. The number of aliphatic imine (C=N–C) groups is 1. The average molecular weight is 379 g/mol. The van der Waals surface area contributed by atoms with Gasteiger partial charge in [0.25, 0.3) is 0 Å². The first kappa shape index (κ1) is 20.3. The first-order valence-electron chi connectivity index (χ1n) is 8.22. The standard InChI is InChI=1S/C18H20F3N5O/c1-4-26(14-7-5-13(6-8-14)18(19,20)21)17-16(12(3)23-10-24-17)25-11(2)9-15(22)27/h5-8,10H,4,9H2,1-3H3,(H2,22,27). The maximum absolute atomic E-state index is 12.8. The number of carbonyl (C=O) groups excluding carboxylic acids is 1. The number of halogens is 3. The van der Waals surface area contributed by atoms with Crippen molar-refractivity contribution < 1.29 is 18.0 Å². The molecule has 1 heterocycles. The highest BCUT2D eigenvalue weighted by Crippen LogP contribution is 2.35.